The van der Waals surface area contributed by atoms with E-state index < -0.39 is 7.80 Å². The van der Waals surface area contributed by atoms with Crippen LogP contribution in [0.25, 0.3) is 0 Å². The van der Waals surface area contributed by atoms with Gasteiger partial charge in [0.25, 0.3) is 0 Å². The van der Waals surface area contributed by atoms with E-state index in [4.69, 9.17) is 4.74 Å². The lowest BCUT2D eigenvalue weighted by Crippen LogP contribution is -2.10. The van der Waals surface area contributed by atoms with Crippen molar-refractivity contribution < 1.29 is 13.9 Å². The van der Waals surface area contributed by atoms with Crippen molar-refractivity contribution in [2.45, 2.75) is 0 Å². The second-order valence-corrected chi connectivity index (χ2v) is 7.01. The van der Waals surface area contributed by atoms with Crippen LogP contribution in [-0.2, 0) is 9.13 Å². The highest BCUT2D eigenvalue weighted by Gasteiger charge is 2.28. The van der Waals surface area contributed by atoms with Gasteiger partial charge in [-0.15, -0.1) is 0 Å². The van der Waals surface area contributed by atoms with Crippen LogP contribution in [0.1, 0.15) is 0 Å². The largest absolute Gasteiger partial charge is 0.451 e. The third-order valence-electron chi connectivity index (χ3n) is 3.26. The van der Waals surface area contributed by atoms with Crippen molar-refractivity contribution in [3.63, 3.8) is 0 Å². The molecule has 0 N–H and O–H groups in total. The average Bonchev–Trinajstić information content (AvgIpc) is 2.63. The lowest BCUT2D eigenvalue weighted by molar-refractivity contribution is 0.489. The van der Waals surface area contributed by atoms with E-state index in [0.717, 1.165) is 5.30 Å². The van der Waals surface area contributed by atoms with Gasteiger partial charge in [0, 0.05) is 0 Å². The lowest BCUT2D eigenvalue weighted by Gasteiger charge is -2.07. The molecule has 3 aromatic rings. The van der Waals surface area contributed by atoms with E-state index in [1.165, 1.54) is 0 Å². The van der Waals surface area contributed by atoms with Crippen LogP contribution in [0.3, 0.4) is 0 Å². The van der Waals surface area contributed by atoms with Gasteiger partial charge in [0.05, 0.1) is 5.30 Å². The third-order valence-corrected chi connectivity index (χ3v) is 5.40. The van der Waals surface area contributed by atoms with Crippen LogP contribution in [0.4, 0.5) is 0 Å². The Balaban J connectivity index is 1.98. The minimum atomic E-state index is -1.76. The molecule has 3 aromatic carbocycles. The molecule has 0 radical (unpaired) electrons. The molecular formula is C18H13O3P2+. The quantitative estimate of drug-likeness (QED) is 0.655. The summed E-state index contributed by atoms with van der Waals surface area (Å²) < 4.78 is 29.9. The first-order valence-electron chi connectivity index (χ1n) is 7.01. The van der Waals surface area contributed by atoms with E-state index >= 15 is 0 Å². The first kappa shape index (κ1) is 15.6. The van der Waals surface area contributed by atoms with Crippen molar-refractivity contribution >= 4 is 32.2 Å². The molecule has 3 rings (SSSR count). The maximum atomic E-state index is 12.8. The first-order chi connectivity index (χ1) is 11.3. The molecule has 23 heavy (non-hydrogen) atoms. The van der Waals surface area contributed by atoms with E-state index in [9.17, 15) is 9.13 Å². The van der Waals surface area contributed by atoms with Gasteiger partial charge in [0.2, 0.25) is 5.30 Å². The fourth-order valence-corrected chi connectivity index (χ4v) is 3.77. The molecule has 0 saturated carbocycles. The highest BCUT2D eigenvalue weighted by molar-refractivity contribution is 7.61. The van der Waals surface area contributed by atoms with Crippen LogP contribution in [0, 0.1) is 0 Å². The highest BCUT2D eigenvalue weighted by atomic mass is 31.1. The molecule has 3 nitrogen and oxygen atoms in total. The van der Waals surface area contributed by atoms with Crippen molar-refractivity contribution in [3.05, 3.63) is 78.9 Å². The monoisotopic (exact) mass is 339 g/mol. The predicted molar refractivity (Wildman–Crippen MR) is 93.5 cm³/mol. The minimum Gasteiger partial charge on any atom is -0.451 e. The topological polar surface area (TPSA) is 43.4 Å². The van der Waals surface area contributed by atoms with Crippen LogP contribution in [0.5, 0.6) is 11.5 Å². The molecule has 5 heteroatoms. The van der Waals surface area contributed by atoms with Gasteiger partial charge in [-0.3, -0.25) is 4.57 Å². The minimum absolute atomic E-state index is 0.113. The summed E-state index contributed by atoms with van der Waals surface area (Å²) >= 11 is 0. The fraction of sp³-hybridized carbons (Fsp3) is 0. The SMILES string of the molecule is O=Pc1ccccc1Oc1ccccc1[P+](=O)c1ccccc1. The summed E-state index contributed by atoms with van der Waals surface area (Å²) in [5, 5.41) is 1.91. The molecule has 0 aromatic heterocycles. The van der Waals surface area contributed by atoms with E-state index in [0.29, 0.717) is 22.1 Å². The number of hydrogen-bond donors (Lipinski definition) is 0. The Morgan fingerprint density at radius 2 is 1.35 bits per heavy atom. The molecular weight excluding hydrogens is 326 g/mol. The van der Waals surface area contributed by atoms with Crippen LogP contribution < -0.4 is 20.7 Å². The normalized spacial score (nSPS) is 11.2. The number of para-hydroxylation sites is 2. The Hall–Kier alpha value is -2.34. The maximum Gasteiger partial charge on any atom is 0.419 e. The number of hydrogen-bond acceptors (Lipinski definition) is 3. The Labute approximate surface area is 136 Å². The molecule has 0 fully saturated rings. The maximum absolute atomic E-state index is 12.8. The van der Waals surface area contributed by atoms with Gasteiger partial charge in [-0.2, -0.15) is 0 Å². The fourth-order valence-electron chi connectivity index (χ4n) is 2.15. The summed E-state index contributed by atoms with van der Waals surface area (Å²) in [6.07, 6.45) is 0. The summed E-state index contributed by atoms with van der Waals surface area (Å²) in [5.74, 6) is 1.00. The van der Waals surface area contributed by atoms with Crippen LogP contribution in [-0.4, -0.2) is 0 Å². The zero-order valence-corrected chi connectivity index (χ0v) is 13.9. The molecule has 0 saturated heterocycles. The van der Waals surface area contributed by atoms with Crippen LogP contribution in [0.15, 0.2) is 78.9 Å². The number of rotatable bonds is 5. The molecule has 1 unspecified atom stereocenters. The van der Waals surface area contributed by atoms with Gasteiger partial charge < -0.3 is 4.74 Å². The van der Waals surface area contributed by atoms with E-state index in [1.807, 2.05) is 48.5 Å². The molecule has 112 valence electrons. The molecule has 0 bridgehead atoms. The molecule has 0 spiro atoms. The smallest absolute Gasteiger partial charge is 0.419 e. The second-order valence-electron chi connectivity index (χ2n) is 4.76. The molecule has 0 aliphatic rings. The Kier molecular flexibility index (Phi) is 4.92. The third kappa shape index (κ3) is 3.53. The summed E-state index contributed by atoms with van der Waals surface area (Å²) in [6.45, 7) is 0. The Bertz CT molecular complexity index is 848. The van der Waals surface area contributed by atoms with Crippen molar-refractivity contribution in [1.82, 2.24) is 0 Å². The van der Waals surface area contributed by atoms with E-state index in [1.54, 1.807) is 30.3 Å². The van der Waals surface area contributed by atoms with Crippen LogP contribution >= 0.6 is 16.3 Å². The van der Waals surface area contributed by atoms with Gasteiger partial charge in [-0.1, -0.05) is 47.0 Å². The zero-order chi connectivity index (χ0) is 16.1. The predicted octanol–water partition coefficient (Wildman–Crippen LogP) is 4.17. The second kappa shape index (κ2) is 7.28. The molecule has 0 amide bonds. The summed E-state index contributed by atoms with van der Waals surface area (Å²) in [4.78, 5) is 0. The molecule has 0 aliphatic carbocycles. The van der Waals surface area contributed by atoms with Gasteiger partial charge in [0.15, 0.2) is 19.5 Å². The average molecular weight is 339 g/mol. The van der Waals surface area contributed by atoms with Gasteiger partial charge in [-0.25, -0.2) is 0 Å². The van der Waals surface area contributed by atoms with Crippen LogP contribution in [0.2, 0.25) is 0 Å². The lowest BCUT2D eigenvalue weighted by atomic mass is 10.3. The van der Waals surface area contributed by atoms with Crippen molar-refractivity contribution in [2.75, 3.05) is 0 Å². The first-order valence-corrected chi connectivity index (χ1v) is 9.08. The summed E-state index contributed by atoms with van der Waals surface area (Å²) in [7, 11) is -1.87. The van der Waals surface area contributed by atoms with E-state index in [2.05, 4.69) is 0 Å². The molecule has 0 heterocycles. The van der Waals surface area contributed by atoms with Gasteiger partial charge >= 0.3 is 7.80 Å². The van der Waals surface area contributed by atoms with Crippen molar-refractivity contribution in [1.29, 1.82) is 0 Å². The summed E-state index contributed by atoms with van der Waals surface area (Å²) in [5.41, 5.74) is 0. The van der Waals surface area contributed by atoms with E-state index in [-0.39, 0.29) is 8.46 Å². The molecule has 1 atom stereocenters. The van der Waals surface area contributed by atoms with Gasteiger partial charge in [-0.05, 0) is 36.4 Å². The highest BCUT2D eigenvalue weighted by Crippen LogP contribution is 2.28. The van der Waals surface area contributed by atoms with Crippen molar-refractivity contribution in [3.8, 4) is 11.5 Å². The number of ether oxygens (including phenoxy) is 1. The summed E-state index contributed by atoms with van der Waals surface area (Å²) in [6, 6.07) is 23.6. The molecule has 0 aliphatic heterocycles. The number of benzene rings is 3. The Morgan fingerprint density at radius 3 is 2.09 bits per heavy atom. The Morgan fingerprint density at radius 1 is 0.739 bits per heavy atom. The van der Waals surface area contributed by atoms with Crippen molar-refractivity contribution in [2.24, 2.45) is 0 Å². The van der Waals surface area contributed by atoms with Gasteiger partial charge in [0.1, 0.15) is 5.75 Å². The zero-order valence-electron chi connectivity index (χ0n) is 12.1. The standard InChI is InChI=1S/C18H13O3P2/c19-22-17-12-6-4-10-15(17)21-16-11-5-7-13-18(16)23(20)14-8-2-1-3-9-14/h1-13H/q+1.